The van der Waals surface area contributed by atoms with E-state index in [0.29, 0.717) is 11.6 Å². The van der Waals surface area contributed by atoms with Gasteiger partial charge in [0.05, 0.1) is 7.11 Å². The van der Waals surface area contributed by atoms with Gasteiger partial charge in [-0.2, -0.15) is 0 Å². The molecule has 1 amide bonds. The molecule has 0 atom stereocenters. The Balaban J connectivity index is 2.23. The van der Waals surface area contributed by atoms with Crippen LogP contribution in [0, 0.1) is 0 Å². The number of aromatic nitrogens is 2. The molecule has 0 aliphatic rings. The molecule has 0 saturated carbocycles. The van der Waals surface area contributed by atoms with Gasteiger partial charge < -0.3 is 9.15 Å². The molecule has 8 heteroatoms. The van der Waals surface area contributed by atoms with E-state index in [-0.39, 0.29) is 17.9 Å². The van der Waals surface area contributed by atoms with Gasteiger partial charge in [0.2, 0.25) is 5.88 Å². The van der Waals surface area contributed by atoms with E-state index in [1.165, 1.54) is 30.0 Å². The average molecular weight is 264 g/mol. The molecule has 0 bridgehead atoms. The van der Waals surface area contributed by atoms with E-state index in [9.17, 15) is 9.59 Å². The Morgan fingerprint density at radius 1 is 1.47 bits per heavy atom. The lowest BCUT2D eigenvalue weighted by Gasteiger charge is -2.04. The van der Waals surface area contributed by atoms with Crippen molar-refractivity contribution >= 4 is 5.91 Å². The summed E-state index contributed by atoms with van der Waals surface area (Å²) in [5.41, 5.74) is 1.65. The van der Waals surface area contributed by atoms with Crippen LogP contribution in [0.2, 0.25) is 0 Å². The third-order valence-corrected chi connectivity index (χ3v) is 2.37. The van der Waals surface area contributed by atoms with E-state index < -0.39 is 5.91 Å². The van der Waals surface area contributed by atoms with Crippen LogP contribution in [0.25, 0.3) is 0 Å². The van der Waals surface area contributed by atoms with Crippen LogP contribution in [0.15, 0.2) is 33.5 Å². The van der Waals surface area contributed by atoms with Crippen molar-refractivity contribution < 1.29 is 13.9 Å². The standard InChI is InChI=1S/C11H12N4O4/c1-18-9-4-5-10(16)15(14-9)6-7-2-3-8(19-7)11(17)13-12/h2-5H,6,12H2,1H3,(H,13,17). The summed E-state index contributed by atoms with van der Waals surface area (Å²) in [4.78, 5) is 22.8. The molecule has 0 saturated heterocycles. The smallest absolute Gasteiger partial charge is 0.300 e. The molecule has 0 aromatic carbocycles. The highest BCUT2D eigenvalue weighted by molar-refractivity contribution is 5.90. The zero-order valence-electron chi connectivity index (χ0n) is 10.1. The number of nitrogens with one attached hydrogen (secondary N) is 1. The number of hydrogen-bond acceptors (Lipinski definition) is 6. The van der Waals surface area contributed by atoms with Crippen molar-refractivity contribution in [1.29, 1.82) is 0 Å². The fourth-order valence-corrected chi connectivity index (χ4v) is 1.46. The first-order valence-corrected chi connectivity index (χ1v) is 5.36. The minimum absolute atomic E-state index is 0.0634. The van der Waals surface area contributed by atoms with Gasteiger partial charge >= 0.3 is 5.91 Å². The first-order chi connectivity index (χ1) is 9.13. The Bertz CT molecular complexity index is 646. The topological polar surface area (TPSA) is 112 Å². The molecule has 0 aliphatic heterocycles. The summed E-state index contributed by atoms with van der Waals surface area (Å²) in [5, 5.41) is 3.96. The van der Waals surface area contributed by atoms with Crippen LogP contribution in [-0.4, -0.2) is 22.8 Å². The van der Waals surface area contributed by atoms with Gasteiger partial charge in [0.25, 0.3) is 5.56 Å². The number of carbonyl (C=O) groups is 1. The second kappa shape index (κ2) is 5.36. The molecule has 2 aromatic rings. The molecule has 0 unspecified atom stereocenters. The highest BCUT2D eigenvalue weighted by atomic mass is 16.5. The van der Waals surface area contributed by atoms with Gasteiger partial charge in [0.15, 0.2) is 5.76 Å². The number of hydrazine groups is 1. The van der Waals surface area contributed by atoms with E-state index in [0.717, 1.165) is 0 Å². The number of nitrogens with zero attached hydrogens (tertiary/aromatic N) is 2. The minimum Gasteiger partial charge on any atom is -0.480 e. The molecule has 100 valence electrons. The van der Waals surface area contributed by atoms with E-state index in [1.54, 1.807) is 6.07 Å². The number of rotatable bonds is 4. The first-order valence-electron chi connectivity index (χ1n) is 5.36. The average Bonchev–Trinajstić information content (AvgIpc) is 2.89. The molecule has 0 radical (unpaired) electrons. The maximum absolute atomic E-state index is 11.6. The van der Waals surface area contributed by atoms with Crippen LogP contribution in [0.4, 0.5) is 0 Å². The lowest BCUT2D eigenvalue weighted by atomic mass is 10.4. The fourth-order valence-electron chi connectivity index (χ4n) is 1.46. The van der Waals surface area contributed by atoms with Crippen molar-refractivity contribution in [2.75, 3.05) is 7.11 Å². The maximum atomic E-state index is 11.6. The van der Waals surface area contributed by atoms with E-state index >= 15 is 0 Å². The SMILES string of the molecule is COc1ccc(=O)n(Cc2ccc(C(=O)NN)o2)n1. The number of methoxy groups -OCH3 is 1. The second-order valence-electron chi connectivity index (χ2n) is 3.61. The van der Waals surface area contributed by atoms with Crippen molar-refractivity contribution in [3.8, 4) is 5.88 Å². The van der Waals surface area contributed by atoms with Gasteiger partial charge in [-0.1, -0.05) is 0 Å². The number of nitrogens with two attached hydrogens (primary N) is 1. The molecule has 19 heavy (non-hydrogen) atoms. The van der Waals surface area contributed by atoms with Crippen molar-refractivity contribution in [2.24, 2.45) is 5.84 Å². The monoisotopic (exact) mass is 264 g/mol. The van der Waals surface area contributed by atoms with Gasteiger partial charge in [-0.05, 0) is 12.1 Å². The van der Waals surface area contributed by atoms with Gasteiger partial charge in [-0.15, -0.1) is 5.10 Å². The van der Waals surface area contributed by atoms with Gasteiger partial charge in [0.1, 0.15) is 12.3 Å². The Morgan fingerprint density at radius 3 is 2.95 bits per heavy atom. The number of hydrogen-bond donors (Lipinski definition) is 2. The first kappa shape index (κ1) is 12.8. The normalized spacial score (nSPS) is 10.2. The maximum Gasteiger partial charge on any atom is 0.300 e. The zero-order valence-corrected chi connectivity index (χ0v) is 10.1. The zero-order chi connectivity index (χ0) is 13.8. The van der Waals surface area contributed by atoms with Crippen molar-refractivity contribution in [3.63, 3.8) is 0 Å². The molecule has 2 heterocycles. The van der Waals surface area contributed by atoms with Crippen LogP contribution >= 0.6 is 0 Å². The molecular weight excluding hydrogens is 252 g/mol. The molecule has 8 nitrogen and oxygen atoms in total. The highest BCUT2D eigenvalue weighted by Gasteiger charge is 2.11. The van der Waals surface area contributed by atoms with Crippen LogP contribution in [0.3, 0.4) is 0 Å². The molecule has 0 spiro atoms. The van der Waals surface area contributed by atoms with Crippen LogP contribution < -0.4 is 21.6 Å². The van der Waals surface area contributed by atoms with Gasteiger partial charge in [0, 0.05) is 12.1 Å². The number of amides is 1. The molecule has 2 aromatic heterocycles. The van der Waals surface area contributed by atoms with Gasteiger partial charge in [-0.3, -0.25) is 15.0 Å². The number of ether oxygens (including phenoxy) is 1. The summed E-state index contributed by atoms with van der Waals surface area (Å²) in [7, 11) is 1.45. The van der Waals surface area contributed by atoms with Crippen LogP contribution in [-0.2, 0) is 6.54 Å². The van der Waals surface area contributed by atoms with Crippen LogP contribution in [0.5, 0.6) is 5.88 Å². The third-order valence-electron chi connectivity index (χ3n) is 2.37. The number of furan rings is 1. The highest BCUT2D eigenvalue weighted by Crippen LogP contribution is 2.09. The summed E-state index contributed by atoms with van der Waals surface area (Å²) in [6.45, 7) is 0.0912. The molecule has 2 rings (SSSR count). The molecule has 0 fully saturated rings. The van der Waals surface area contributed by atoms with Crippen molar-refractivity contribution in [3.05, 3.63) is 46.1 Å². The van der Waals surface area contributed by atoms with E-state index in [2.05, 4.69) is 5.10 Å². The molecule has 0 aliphatic carbocycles. The van der Waals surface area contributed by atoms with E-state index in [4.69, 9.17) is 15.0 Å². The number of carbonyl (C=O) groups excluding carboxylic acids is 1. The van der Waals surface area contributed by atoms with Crippen molar-refractivity contribution in [2.45, 2.75) is 6.54 Å². The Morgan fingerprint density at radius 2 is 2.26 bits per heavy atom. The largest absolute Gasteiger partial charge is 0.480 e. The predicted molar refractivity (Wildman–Crippen MR) is 64.5 cm³/mol. The second-order valence-corrected chi connectivity index (χ2v) is 3.61. The summed E-state index contributed by atoms with van der Waals surface area (Å²) in [6, 6.07) is 5.83. The van der Waals surface area contributed by atoms with Crippen LogP contribution in [0.1, 0.15) is 16.3 Å². The quantitative estimate of drug-likeness (QED) is 0.437. The Labute approximate surface area is 107 Å². The van der Waals surface area contributed by atoms with Gasteiger partial charge in [-0.25, -0.2) is 10.5 Å². The lowest BCUT2D eigenvalue weighted by molar-refractivity contribution is 0.0924. The molecular formula is C11H12N4O4. The Kier molecular flexibility index (Phi) is 3.62. The summed E-state index contributed by atoms with van der Waals surface area (Å²) in [5.74, 6) is 5.22. The molecule has 3 N–H and O–H groups in total. The Hall–Kier alpha value is -2.61. The fraction of sp³-hybridized carbons (Fsp3) is 0.182. The summed E-state index contributed by atoms with van der Waals surface area (Å²) < 4.78 is 11.3. The minimum atomic E-state index is -0.544. The summed E-state index contributed by atoms with van der Waals surface area (Å²) in [6.07, 6.45) is 0. The lowest BCUT2D eigenvalue weighted by Crippen LogP contribution is -2.29. The predicted octanol–water partition coefficient (Wildman–Crippen LogP) is -0.503. The summed E-state index contributed by atoms with van der Waals surface area (Å²) >= 11 is 0. The number of nitrogen functional groups attached to an aromatic ring is 1. The third kappa shape index (κ3) is 2.80. The van der Waals surface area contributed by atoms with E-state index in [1.807, 2.05) is 5.43 Å². The van der Waals surface area contributed by atoms with Crippen molar-refractivity contribution in [1.82, 2.24) is 15.2 Å².